The Morgan fingerprint density at radius 2 is 0.786 bits per heavy atom. The molecule has 0 spiro atoms. The highest BCUT2D eigenvalue weighted by atomic mass is 35.5. The van der Waals surface area contributed by atoms with Crippen molar-refractivity contribution in [2.24, 2.45) is 5.90 Å². The molecule has 0 radical (unpaired) electrons. The zero-order valence-electron chi connectivity index (χ0n) is 53.0. The van der Waals surface area contributed by atoms with Gasteiger partial charge in [0.2, 0.25) is 0 Å². The van der Waals surface area contributed by atoms with Gasteiger partial charge in [-0.2, -0.15) is 0 Å². The van der Waals surface area contributed by atoms with Crippen LogP contribution in [0.3, 0.4) is 0 Å². The predicted octanol–water partition coefficient (Wildman–Crippen LogP) is 12.3. The molecule has 0 aliphatic carbocycles. The number of hydrogen-bond donors (Lipinski definition) is 8. The van der Waals surface area contributed by atoms with Crippen LogP contribution in [0.15, 0.2) is 110 Å². The van der Waals surface area contributed by atoms with Crippen molar-refractivity contribution in [2.45, 2.75) is 165 Å². The van der Waals surface area contributed by atoms with Gasteiger partial charge in [-0.1, -0.05) is 114 Å². The molecule has 0 unspecified atom stereocenters. The Labute approximate surface area is 606 Å². The Morgan fingerprint density at radius 1 is 0.469 bits per heavy atom. The van der Waals surface area contributed by atoms with E-state index in [0.29, 0.717) is 80.9 Å². The molecule has 9 N–H and O–H groups in total. The lowest BCUT2D eigenvalue weighted by molar-refractivity contribution is -0.221. The van der Waals surface area contributed by atoms with Gasteiger partial charge in [0.1, 0.15) is 124 Å². The van der Waals surface area contributed by atoms with Crippen LogP contribution in [0.4, 0.5) is 11.6 Å². The molecule has 14 rings (SSSR count). The molecule has 532 valence electrons. The van der Waals surface area contributed by atoms with Crippen molar-refractivity contribution in [1.82, 2.24) is 43.6 Å². The average Bonchev–Trinajstić information content (AvgIpc) is 1.58. The Bertz CT molecular complexity index is 4280. The van der Waals surface area contributed by atoms with Gasteiger partial charge >= 0.3 is 0 Å². The maximum absolute atomic E-state index is 11.6. The first kappa shape index (κ1) is 78.6. The number of aliphatic hydroxyl groups excluding tert-OH is 2. The normalized spacial score (nSPS) is 26.6. The standard InChI is InChI=1S/C22H24Cl2N4O4.C21H20Cl3N3O4.C19H20Cl2N4O4.CH5NO.2CH4.ClH/c1-21(2)31-15-16(32-21)20(28-8-7-12-18(25-4)26-10-27-19(12)28)30-17(15)22(3,29)11-5-6-13(23)14(24)9-11;1-20(2)30-14-15(31-20)19(27-7-6-11-17(24)25-9-26-18(11)27)29-16(14)21(3,28)10-4-5-12(22)13(23)8-10;1-19(28,9-3-4-11(20)12(21)7-9)15-13(26)14(27)18(29-15)25-6-5-10-16(22-2)23-8-24-17(10)25;1-3-2;;;/h5-10,15-17,20,29H,1-4H3,(H,25,26,27);4-9,14-16,19,28H,1-3H3;3-8,13-15,18,26-28H,1-2H3,(H,22,23,24);2H2,1H3;2*1H4;1H/t15-,16+,17-,20+,22+;14-,15+,16-,19+,21+;13-,14+,15-,18+,19+;;;;/m000..../s1. The quantitative estimate of drug-likeness (QED) is 0.0441. The number of nitrogens with zero attached hydrogens (tertiary/aromatic N) is 9. The van der Waals surface area contributed by atoms with E-state index in [1.54, 1.807) is 86.3 Å². The second kappa shape index (κ2) is 30.4. The molecule has 0 amide bonds. The number of benzene rings is 3. The molecule has 5 saturated heterocycles. The minimum Gasteiger partial charge on any atom is -0.387 e. The summed E-state index contributed by atoms with van der Waals surface area (Å²) in [5.74, 6) is 4.00. The third kappa shape index (κ3) is 14.8. The number of nitrogens with one attached hydrogen (secondary N) is 2. The SMILES string of the molecule is C.C.CC1(C)O[C@@H]2[C@H](O1)[C@@H]([C@](C)(O)c1ccc(Cl)c(Cl)c1)O[C@H]2n1ccc2c(Cl)ncnc21.CNc1ncnc2c1ccn2[C@@H]1O[C@H]([C@](C)(O)c2ccc(Cl)c(Cl)c2)[C@@H](O)[C@H]1O.CNc1ncnc2c1ccn2[C@@H]1O[C@H]([C@](C)(O)c2ccc(Cl)c(Cl)c2)[C@H]2OC(C)(C)O[C@H]21.CON.Cl. The minimum atomic E-state index is -1.64. The van der Waals surface area contributed by atoms with Crippen molar-refractivity contribution < 1.29 is 63.5 Å². The molecule has 0 bridgehead atoms. The lowest BCUT2D eigenvalue weighted by atomic mass is 9.87. The Hall–Kier alpha value is -5.12. The number of rotatable bonds is 11. The number of halogens is 8. The van der Waals surface area contributed by atoms with Crippen LogP contribution in [-0.2, 0) is 54.8 Å². The van der Waals surface area contributed by atoms with Gasteiger partial charge in [-0.15, -0.1) is 12.4 Å². The van der Waals surface area contributed by atoms with E-state index in [0.717, 1.165) is 10.8 Å². The van der Waals surface area contributed by atoms with E-state index in [9.17, 15) is 25.5 Å². The van der Waals surface area contributed by atoms with Crippen molar-refractivity contribution in [3.8, 4) is 0 Å². The van der Waals surface area contributed by atoms with Crippen LogP contribution in [0.1, 0.15) is 98.7 Å². The Balaban J connectivity index is 0.000000181. The van der Waals surface area contributed by atoms with Gasteiger partial charge in [0.25, 0.3) is 0 Å². The van der Waals surface area contributed by atoms with Crippen molar-refractivity contribution >= 4 is 138 Å². The molecule has 0 saturated carbocycles. The molecule has 5 fully saturated rings. The minimum absolute atomic E-state index is 0. The average molecular weight is 1520 g/mol. The summed E-state index contributed by atoms with van der Waals surface area (Å²) in [6.45, 7) is 12.2. The van der Waals surface area contributed by atoms with Crippen molar-refractivity contribution in [1.29, 1.82) is 0 Å². The summed E-state index contributed by atoms with van der Waals surface area (Å²) >= 11 is 42.8. The van der Waals surface area contributed by atoms with E-state index in [2.05, 4.69) is 51.3 Å². The summed E-state index contributed by atoms with van der Waals surface area (Å²) < 4.78 is 48.9. The lowest BCUT2D eigenvalue weighted by Gasteiger charge is -2.34. The Kier molecular flexibility index (Phi) is 24.4. The van der Waals surface area contributed by atoms with E-state index < -0.39 is 102 Å². The molecule has 9 aromatic rings. The fourth-order valence-electron chi connectivity index (χ4n) is 12.7. The maximum Gasteiger partial charge on any atom is 0.164 e. The monoisotopic (exact) mass is 1510 g/mol. The highest BCUT2D eigenvalue weighted by molar-refractivity contribution is 6.43. The number of nitrogens with two attached hydrogens (primary N) is 1. The molecular formula is C65H78Cl8N12O13. The fraction of sp³-hybridized carbons (Fsp3) is 0.446. The second-order valence-electron chi connectivity index (χ2n) is 24.5. The third-order valence-corrected chi connectivity index (χ3v) is 19.8. The van der Waals surface area contributed by atoms with Gasteiger partial charge in [0.05, 0.1) is 53.4 Å². The topological polar surface area (TPSA) is 317 Å². The van der Waals surface area contributed by atoms with Crippen molar-refractivity contribution in [2.75, 3.05) is 31.8 Å². The maximum atomic E-state index is 11.6. The summed E-state index contributed by atoms with van der Waals surface area (Å²) in [5, 5.41) is 66.5. The van der Waals surface area contributed by atoms with E-state index in [1.165, 1.54) is 39.1 Å². The van der Waals surface area contributed by atoms with Crippen LogP contribution in [0, 0.1) is 0 Å². The highest BCUT2D eigenvalue weighted by Gasteiger charge is 2.63. The number of aliphatic hydroxyl groups is 5. The molecule has 6 aromatic heterocycles. The van der Waals surface area contributed by atoms with E-state index in [4.69, 9.17) is 114 Å². The number of hydrogen-bond acceptors (Lipinski definition) is 22. The fourth-order valence-corrected chi connectivity index (χ4v) is 13.8. The molecule has 11 heterocycles. The predicted molar refractivity (Wildman–Crippen MR) is 378 cm³/mol. The van der Waals surface area contributed by atoms with Gasteiger partial charge in [0.15, 0.2) is 30.3 Å². The molecule has 33 heteroatoms. The van der Waals surface area contributed by atoms with Gasteiger partial charge < -0.3 is 87.9 Å². The van der Waals surface area contributed by atoms with Gasteiger partial charge in [-0.25, -0.2) is 35.8 Å². The molecule has 3 aromatic carbocycles. The first-order chi connectivity index (χ1) is 44.9. The number of aromatic nitrogens is 9. The van der Waals surface area contributed by atoms with Crippen LogP contribution in [0.2, 0.25) is 35.3 Å². The van der Waals surface area contributed by atoms with Crippen molar-refractivity contribution in [3.05, 3.63) is 162 Å². The Morgan fingerprint density at radius 3 is 1.15 bits per heavy atom. The van der Waals surface area contributed by atoms with Crippen LogP contribution < -0.4 is 16.5 Å². The number of ether oxygens (including phenoxy) is 7. The highest BCUT2D eigenvalue weighted by Crippen LogP contribution is 2.52. The second-order valence-corrected chi connectivity index (χ2v) is 27.3. The molecule has 5 aliphatic rings. The molecule has 15 atom stereocenters. The summed E-state index contributed by atoms with van der Waals surface area (Å²) in [4.78, 5) is 29.3. The molecular weight excluding hydrogens is 1440 g/mol. The molecule has 5 aliphatic heterocycles. The zero-order chi connectivity index (χ0) is 68.6. The van der Waals surface area contributed by atoms with E-state index in [1.807, 2.05) is 68.4 Å². The van der Waals surface area contributed by atoms with Gasteiger partial charge in [0, 0.05) is 32.7 Å². The third-order valence-electron chi connectivity index (χ3n) is 17.2. The summed E-state index contributed by atoms with van der Waals surface area (Å²) in [5.41, 5.74) is -1.16. The summed E-state index contributed by atoms with van der Waals surface area (Å²) in [6, 6.07) is 20.2. The number of anilines is 2. The lowest BCUT2D eigenvalue weighted by Crippen LogP contribution is -2.45. The van der Waals surface area contributed by atoms with E-state index >= 15 is 0 Å². The van der Waals surface area contributed by atoms with Gasteiger partial charge in [-0.3, -0.25) is 0 Å². The summed E-state index contributed by atoms with van der Waals surface area (Å²) in [6.07, 6.45) is 0.266. The smallest absolute Gasteiger partial charge is 0.164 e. The van der Waals surface area contributed by atoms with Crippen LogP contribution >= 0.6 is 93.6 Å². The van der Waals surface area contributed by atoms with Crippen LogP contribution in [-0.4, -0.2) is 157 Å². The largest absolute Gasteiger partial charge is 0.387 e. The molecule has 98 heavy (non-hydrogen) atoms. The van der Waals surface area contributed by atoms with Crippen molar-refractivity contribution in [3.63, 3.8) is 0 Å². The van der Waals surface area contributed by atoms with Crippen LogP contribution in [0.5, 0.6) is 0 Å². The van der Waals surface area contributed by atoms with Crippen LogP contribution in [0.25, 0.3) is 33.1 Å². The number of fused-ring (bicyclic) bond motifs is 5. The zero-order valence-corrected chi connectivity index (χ0v) is 59.1. The van der Waals surface area contributed by atoms with E-state index in [-0.39, 0.29) is 32.3 Å². The first-order valence-electron chi connectivity index (χ1n) is 29.6. The first-order valence-corrected chi connectivity index (χ1v) is 32.3. The van der Waals surface area contributed by atoms with Gasteiger partial charge in [-0.05, 0) is 120 Å². The molecule has 25 nitrogen and oxygen atoms in total. The summed E-state index contributed by atoms with van der Waals surface area (Å²) in [7, 11) is 4.95.